The van der Waals surface area contributed by atoms with Crippen LogP contribution < -0.4 is 4.74 Å². The molecular weight excluding hydrogens is 554 g/mol. The van der Waals surface area contributed by atoms with Gasteiger partial charge < -0.3 is 9.84 Å². The van der Waals surface area contributed by atoms with Crippen molar-refractivity contribution < 1.29 is 9.84 Å². The van der Waals surface area contributed by atoms with Gasteiger partial charge in [-0.1, -0.05) is 0 Å². The summed E-state index contributed by atoms with van der Waals surface area (Å²) in [5.74, 6) is 1.54. The fourth-order valence-electron chi connectivity index (χ4n) is 3.42. The Balaban J connectivity index is 1.53. The maximum Gasteiger partial charge on any atom is 0.188 e. The van der Waals surface area contributed by atoms with Crippen molar-refractivity contribution in [3.63, 3.8) is 0 Å². The van der Waals surface area contributed by atoms with Crippen LogP contribution in [-0.2, 0) is 19.4 Å². The van der Waals surface area contributed by atoms with Crippen LogP contribution in [0.1, 0.15) is 28.9 Å². The fourth-order valence-corrected chi connectivity index (χ4v) is 5.30. The number of hydrogen-bond acceptors (Lipinski definition) is 5. The summed E-state index contributed by atoms with van der Waals surface area (Å²) in [5, 5.41) is 18.3. The quantitative estimate of drug-likeness (QED) is 0.423. The molecule has 1 heterocycles. The highest BCUT2D eigenvalue weighted by atomic mass is 79.9. The molecule has 0 amide bonds. The highest BCUT2D eigenvalue weighted by molar-refractivity contribution is 9.11. The average Bonchev–Trinajstić information content (AvgIpc) is 3.16. The van der Waals surface area contributed by atoms with E-state index in [2.05, 4.69) is 76.0 Å². The Morgan fingerprint density at radius 2 is 1.71 bits per heavy atom. The normalized spacial score (nSPS) is 12.9. The van der Waals surface area contributed by atoms with Crippen molar-refractivity contribution in [1.29, 1.82) is 0 Å². The summed E-state index contributed by atoms with van der Waals surface area (Å²) in [5.41, 5.74) is 5.40. The van der Waals surface area contributed by atoms with E-state index >= 15 is 0 Å². The van der Waals surface area contributed by atoms with Gasteiger partial charge in [-0.25, -0.2) is 4.98 Å². The third-order valence-electron chi connectivity index (χ3n) is 4.80. The standard InChI is InChI=1S/C20H16Br3N3O2/c1-10-5-16(23)20(13-4-2-3-12(10)13)28-9-18-24-8-17(25-26-18)11-6-14(21)19(27)15(22)7-11/h5-8,27H,2-4,9H2,1H3. The SMILES string of the molecule is Cc1cc(Br)c(OCc2ncc(-c3cc(Br)c(O)c(Br)c3)nn2)c2c1CCC2. The van der Waals surface area contributed by atoms with Crippen molar-refractivity contribution >= 4 is 47.8 Å². The third kappa shape index (κ3) is 3.82. The van der Waals surface area contributed by atoms with Crippen molar-refractivity contribution in [2.45, 2.75) is 32.8 Å². The molecular formula is C20H16Br3N3O2. The van der Waals surface area contributed by atoms with Crippen LogP contribution in [0.15, 0.2) is 37.8 Å². The number of aryl methyl sites for hydroxylation is 1. The number of fused-ring (bicyclic) bond motifs is 1. The summed E-state index contributed by atoms with van der Waals surface area (Å²) in [6.45, 7) is 2.40. The molecule has 144 valence electrons. The van der Waals surface area contributed by atoms with Gasteiger partial charge in [0.15, 0.2) is 5.82 Å². The van der Waals surface area contributed by atoms with Crippen molar-refractivity contribution in [1.82, 2.24) is 15.2 Å². The van der Waals surface area contributed by atoms with Crippen LogP contribution in [0.4, 0.5) is 0 Å². The lowest BCUT2D eigenvalue weighted by Gasteiger charge is -2.14. The minimum atomic E-state index is 0.144. The van der Waals surface area contributed by atoms with Gasteiger partial charge in [-0.15, -0.1) is 10.2 Å². The lowest BCUT2D eigenvalue weighted by molar-refractivity contribution is 0.289. The number of ether oxygens (including phenoxy) is 1. The lowest BCUT2D eigenvalue weighted by atomic mass is 10.0. The Morgan fingerprint density at radius 1 is 1.00 bits per heavy atom. The first-order chi connectivity index (χ1) is 13.4. The molecule has 0 aliphatic heterocycles. The monoisotopic (exact) mass is 567 g/mol. The average molecular weight is 570 g/mol. The van der Waals surface area contributed by atoms with Gasteiger partial charge in [-0.3, -0.25) is 0 Å². The zero-order chi connectivity index (χ0) is 19.8. The summed E-state index contributed by atoms with van der Waals surface area (Å²) in [6.07, 6.45) is 4.96. The second-order valence-corrected chi connectivity index (χ2v) is 9.21. The van der Waals surface area contributed by atoms with Gasteiger partial charge in [0.2, 0.25) is 0 Å². The maximum absolute atomic E-state index is 9.84. The van der Waals surface area contributed by atoms with Gasteiger partial charge in [-0.05, 0) is 109 Å². The number of benzene rings is 2. The number of nitrogens with zero attached hydrogens (tertiary/aromatic N) is 3. The molecule has 0 spiro atoms. The number of phenols is 1. The first-order valence-electron chi connectivity index (χ1n) is 8.74. The number of aromatic hydroxyl groups is 1. The molecule has 0 saturated carbocycles. The molecule has 0 unspecified atom stereocenters. The van der Waals surface area contributed by atoms with E-state index in [1.165, 1.54) is 16.7 Å². The van der Waals surface area contributed by atoms with Crippen LogP contribution in [0.3, 0.4) is 0 Å². The molecule has 3 aromatic rings. The van der Waals surface area contributed by atoms with E-state index in [4.69, 9.17) is 4.74 Å². The van der Waals surface area contributed by atoms with Gasteiger partial charge in [0.25, 0.3) is 0 Å². The number of phenolic OH excluding ortho intramolecular Hbond substituents is 1. The second kappa shape index (κ2) is 8.08. The number of aromatic nitrogens is 3. The van der Waals surface area contributed by atoms with Crippen LogP contribution in [0.5, 0.6) is 11.5 Å². The Labute approximate surface area is 188 Å². The third-order valence-corrected chi connectivity index (χ3v) is 6.59. The Bertz CT molecular complexity index is 1030. The van der Waals surface area contributed by atoms with Gasteiger partial charge in [-0.2, -0.15) is 0 Å². The predicted octanol–water partition coefficient (Wildman–Crippen LogP) is 5.91. The first kappa shape index (κ1) is 19.8. The van der Waals surface area contributed by atoms with Crippen molar-refractivity contribution in [3.05, 3.63) is 60.3 Å². The lowest BCUT2D eigenvalue weighted by Crippen LogP contribution is -2.06. The maximum atomic E-state index is 9.84. The Hall–Kier alpha value is -1.51. The highest BCUT2D eigenvalue weighted by Crippen LogP contribution is 2.39. The van der Waals surface area contributed by atoms with Gasteiger partial charge in [0.1, 0.15) is 23.8 Å². The van der Waals surface area contributed by atoms with Crippen molar-refractivity contribution in [3.8, 4) is 22.8 Å². The smallest absolute Gasteiger partial charge is 0.188 e. The van der Waals surface area contributed by atoms with E-state index in [0.29, 0.717) is 20.5 Å². The molecule has 0 bridgehead atoms. The van der Waals surface area contributed by atoms with Gasteiger partial charge in [0.05, 0.1) is 19.6 Å². The van der Waals surface area contributed by atoms with E-state index < -0.39 is 0 Å². The van der Waals surface area contributed by atoms with E-state index in [1.54, 1.807) is 18.3 Å². The van der Waals surface area contributed by atoms with Gasteiger partial charge in [0, 0.05) is 5.56 Å². The summed E-state index contributed by atoms with van der Waals surface area (Å²) in [6, 6.07) is 5.66. The Kier molecular flexibility index (Phi) is 5.71. The molecule has 0 radical (unpaired) electrons. The first-order valence-corrected chi connectivity index (χ1v) is 11.1. The zero-order valence-corrected chi connectivity index (χ0v) is 19.7. The summed E-state index contributed by atoms with van der Waals surface area (Å²) in [7, 11) is 0. The minimum absolute atomic E-state index is 0.144. The topological polar surface area (TPSA) is 68.1 Å². The van der Waals surface area contributed by atoms with E-state index in [0.717, 1.165) is 35.0 Å². The van der Waals surface area contributed by atoms with Crippen molar-refractivity contribution in [2.24, 2.45) is 0 Å². The Morgan fingerprint density at radius 3 is 2.39 bits per heavy atom. The summed E-state index contributed by atoms with van der Waals surface area (Å²) < 4.78 is 8.17. The van der Waals surface area contributed by atoms with Crippen LogP contribution in [-0.4, -0.2) is 20.3 Å². The predicted molar refractivity (Wildman–Crippen MR) is 118 cm³/mol. The molecule has 1 aliphatic carbocycles. The van der Waals surface area contributed by atoms with E-state index in [1.807, 2.05) is 0 Å². The molecule has 0 atom stereocenters. The molecule has 0 fully saturated rings. The van der Waals surface area contributed by atoms with Gasteiger partial charge >= 0.3 is 0 Å². The highest BCUT2D eigenvalue weighted by Gasteiger charge is 2.21. The zero-order valence-electron chi connectivity index (χ0n) is 15.0. The molecule has 1 aromatic heterocycles. The van der Waals surface area contributed by atoms with Crippen LogP contribution in [0.2, 0.25) is 0 Å². The fraction of sp³-hybridized carbons (Fsp3) is 0.250. The van der Waals surface area contributed by atoms with Crippen LogP contribution in [0, 0.1) is 6.92 Å². The number of halogens is 3. The summed E-state index contributed by atoms with van der Waals surface area (Å²) in [4.78, 5) is 4.39. The van der Waals surface area contributed by atoms with Crippen LogP contribution in [0.25, 0.3) is 11.3 Å². The molecule has 5 nitrogen and oxygen atoms in total. The second-order valence-electron chi connectivity index (χ2n) is 6.65. The largest absolute Gasteiger partial charge is 0.506 e. The number of rotatable bonds is 4. The van der Waals surface area contributed by atoms with E-state index in [-0.39, 0.29) is 12.4 Å². The van der Waals surface area contributed by atoms with Crippen molar-refractivity contribution in [2.75, 3.05) is 0 Å². The van der Waals surface area contributed by atoms with Crippen LogP contribution >= 0.6 is 47.8 Å². The molecule has 1 N–H and O–H groups in total. The molecule has 8 heteroatoms. The van der Waals surface area contributed by atoms with E-state index in [9.17, 15) is 5.11 Å². The molecule has 4 rings (SSSR count). The minimum Gasteiger partial charge on any atom is -0.506 e. The molecule has 1 aliphatic rings. The molecule has 2 aromatic carbocycles. The summed E-state index contributed by atoms with van der Waals surface area (Å²) >= 11 is 10.3. The molecule has 0 saturated heterocycles. The molecule has 28 heavy (non-hydrogen) atoms. The number of hydrogen-bond donors (Lipinski definition) is 1.